The average molecular weight is 274 g/mol. The van der Waals surface area contributed by atoms with Crippen molar-refractivity contribution in [2.24, 2.45) is 0 Å². The highest BCUT2D eigenvalue weighted by Gasteiger charge is 2.31. The van der Waals surface area contributed by atoms with Crippen LogP contribution < -0.4 is 0 Å². The Balaban J connectivity index is 1.81. The molecular weight excluding hydrogens is 256 g/mol. The Morgan fingerprint density at radius 1 is 0.762 bits per heavy atom. The maximum atomic E-state index is 12.5. The zero-order chi connectivity index (χ0) is 14.2. The van der Waals surface area contributed by atoms with E-state index in [0.717, 1.165) is 19.3 Å². The summed E-state index contributed by atoms with van der Waals surface area (Å²) in [5.74, 6) is 0.377. The fourth-order valence-electron chi connectivity index (χ4n) is 3.71. The Morgan fingerprint density at radius 3 is 2.38 bits per heavy atom. The molecule has 21 heavy (non-hydrogen) atoms. The highest BCUT2D eigenvalue weighted by Crippen LogP contribution is 2.39. The molecule has 2 aliphatic carbocycles. The molecule has 0 aliphatic heterocycles. The molecular formula is C20H18O. The summed E-state index contributed by atoms with van der Waals surface area (Å²) in [5.41, 5.74) is 6.57. The van der Waals surface area contributed by atoms with Gasteiger partial charge >= 0.3 is 0 Å². The summed E-state index contributed by atoms with van der Waals surface area (Å²) in [6, 6.07) is 17.0. The first-order chi connectivity index (χ1) is 10.3. The van der Waals surface area contributed by atoms with E-state index in [4.69, 9.17) is 0 Å². The van der Waals surface area contributed by atoms with E-state index in [1.165, 1.54) is 27.8 Å². The second-order valence-corrected chi connectivity index (χ2v) is 6.02. The SMILES string of the molecule is O=C1CCc2ccccc2C1C1=Cc2ccccc2CC1. The van der Waals surface area contributed by atoms with Crippen molar-refractivity contribution in [3.63, 3.8) is 0 Å². The molecule has 1 unspecified atom stereocenters. The van der Waals surface area contributed by atoms with Crippen LogP contribution in [0.1, 0.15) is 41.0 Å². The van der Waals surface area contributed by atoms with Crippen LogP contribution in [0.25, 0.3) is 6.08 Å². The Bertz CT molecular complexity index is 739. The van der Waals surface area contributed by atoms with Gasteiger partial charge in [-0.1, -0.05) is 60.2 Å². The Labute approximate surface area is 125 Å². The summed E-state index contributed by atoms with van der Waals surface area (Å²) in [5, 5.41) is 0. The third-order valence-electron chi connectivity index (χ3n) is 4.78. The number of aryl methyl sites for hydroxylation is 2. The van der Waals surface area contributed by atoms with Crippen LogP contribution in [0.4, 0.5) is 0 Å². The number of allylic oxidation sites excluding steroid dienone is 1. The molecule has 4 rings (SSSR count). The van der Waals surface area contributed by atoms with Gasteiger partial charge in [0.1, 0.15) is 5.78 Å². The molecule has 0 radical (unpaired) electrons. The number of hydrogen-bond donors (Lipinski definition) is 0. The molecule has 0 bridgehead atoms. The number of ketones is 1. The van der Waals surface area contributed by atoms with Crippen molar-refractivity contribution < 1.29 is 4.79 Å². The van der Waals surface area contributed by atoms with Gasteiger partial charge < -0.3 is 0 Å². The van der Waals surface area contributed by atoms with E-state index in [1.807, 2.05) is 0 Å². The molecule has 0 fully saturated rings. The summed E-state index contributed by atoms with van der Waals surface area (Å²) >= 11 is 0. The van der Waals surface area contributed by atoms with E-state index < -0.39 is 0 Å². The minimum atomic E-state index is -0.0108. The number of Topliss-reactive ketones (excluding diaryl/α,β-unsaturated/α-hetero) is 1. The van der Waals surface area contributed by atoms with Gasteiger partial charge in [0.05, 0.1) is 5.92 Å². The summed E-state index contributed by atoms with van der Waals surface area (Å²) in [7, 11) is 0. The van der Waals surface area contributed by atoms with E-state index in [2.05, 4.69) is 54.6 Å². The molecule has 2 aliphatic rings. The minimum Gasteiger partial charge on any atom is -0.299 e. The van der Waals surface area contributed by atoms with Gasteiger partial charge in [0.25, 0.3) is 0 Å². The maximum absolute atomic E-state index is 12.5. The van der Waals surface area contributed by atoms with Crippen LogP contribution in [0.2, 0.25) is 0 Å². The minimum absolute atomic E-state index is 0.0108. The van der Waals surface area contributed by atoms with E-state index in [9.17, 15) is 4.79 Å². The van der Waals surface area contributed by atoms with E-state index >= 15 is 0 Å². The zero-order valence-electron chi connectivity index (χ0n) is 12.0. The van der Waals surface area contributed by atoms with Gasteiger partial charge in [0, 0.05) is 6.42 Å². The van der Waals surface area contributed by atoms with Crippen LogP contribution in [0.3, 0.4) is 0 Å². The molecule has 1 heteroatoms. The predicted molar refractivity (Wildman–Crippen MR) is 85.3 cm³/mol. The number of rotatable bonds is 1. The normalized spacial score (nSPS) is 20.5. The fraction of sp³-hybridized carbons (Fsp3) is 0.250. The first kappa shape index (κ1) is 12.6. The Morgan fingerprint density at radius 2 is 1.48 bits per heavy atom. The smallest absolute Gasteiger partial charge is 0.144 e. The van der Waals surface area contributed by atoms with E-state index in [1.54, 1.807) is 0 Å². The van der Waals surface area contributed by atoms with Crippen LogP contribution >= 0.6 is 0 Å². The zero-order valence-corrected chi connectivity index (χ0v) is 12.0. The molecule has 0 aromatic heterocycles. The number of fused-ring (bicyclic) bond motifs is 2. The highest BCUT2D eigenvalue weighted by molar-refractivity contribution is 5.92. The summed E-state index contributed by atoms with van der Waals surface area (Å²) < 4.78 is 0. The van der Waals surface area contributed by atoms with Crippen molar-refractivity contribution in [1.29, 1.82) is 0 Å². The molecule has 2 aromatic rings. The van der Waals surface area contributed by atoms with Gasteiger partial charge in [-0.15, -0.1) is 0 Å². The van der Waals surface area contributed by atoms with Crippen LogP contribution in [-0.4, -0.2) is 5.78 Å². The third kappa shape index (κ3) is 2.13. The number of carbonyl (C=O) groups excluding carboxylic acids is 1. The monoisotopic (exact) mass is 274 g/mol. The largest absolute Gasteiger partial charge is 0.299 e. The first-order valence-electron chi connectivity index (χ1n) is 7.72. The molecule has 1 nitrogen and oxygen atoms in total. The van der Waals surface area contributed by atoms with Crippen molar-refractivity contribution >= 4 is 11.9 Å². The molecule has 0 heterocycles. The first-order valence-corrected chi connectivity index (χ1v) is 7.72. The topological polar surface area (TPSA) is 17.1 Å². The molecule has 0 saturated carbocycles. The van der Waals surface area contributed by atoms with E-state index in [-0.39, 0.29) is 5.92 Å². The maximum Gasteiger partial charge on any atom is 0.144 e. The number of hydrogen-bond acceptors (Lipinski definition) is 1. The van der Waals surface area contributed by atoms with Crippen molar-refractivity contribution in [2.75, 3.05) is 0 Å². The highest BCUT2D eigenvalue weighted by atomic mass is 16.1. The predicted octanol–water partition coefficient (Wildman–Crippen LogP) is 4.32. The number of carbonyl (C=O) groups is 1. The lowest BCUT2D eigenvalue weighted by Gasteiger charge is -2.29. The lowest BCUT2D eigenvalue weighted by molar-refractivity contribution is -0.120. The van der Waals surface area contributed by atoms with Crippen molar-refractivity contribution in [3.8, 4) is 0 Å². The lowest BCUT2D eigenvalue weighted by Crippen LogP contribution is -2.23. The quantitative estimate of drug-likeness (QED) is 0.757. The van der Waals surface area contributed by atoms with Gasteiger partial charge in [-0.2, -0.15) is 0 Å². The molecule has 0 N–H and O–H groups in total. The van der Waals surface area contributed by atoms with Crippen molar-refractivity contribution in [1.82, 2.24) is 0 Å². The van der Waals surface area contributed by atoms with Crippen LogP contribution in [-0.2, 0) is 17.6 Å². The lowest BCUT2D eigenvalue weighted by atomic mass is 9.74. The molecule has 104 valence electrons. The van der Waals surface area contributed by atoms with Crippen molar-refractivity contribution in [3.05, 3.63) is 76.4 Å². The second kappa shape index (κ2) is 5.00. The molecule has 0 saturated heterocycles. The summed E-state index contributed by atoms with van der Waals surface area (Å²) in [6.45, 7) is 0. The summed E-state index contributed by atoms with van der Waals surface area (Å²) in [4.78, 5) is 12.5. The standard InChI is InChI=1S/C20H18O/c21-19-12-11-15-6-3-4-8-18(15)20(19)17-10-9-14-5-1-2-7-16(14)13-17/h1-8,13,20H,9-12H2. The van der Waals surface area contributed by atoms with E-state index in [0.29, 0.717) is 12.2 Å². The van der Waals surface area contributed by atoms with Crippen molar-refractivity contribution in [2.45, 2.75) is 31.6 Å². The molecule has 1 atom stereocenters. The van der Waals surface area contributed by atoms with Gasteiger partial charge in [0.15, 0.2) is 0 Å². The Hall–Kier alpha value is -2.15. The molecule has 2 aromatic carbocycles. The number of benzene rings is 2. The second-order valence-electron chi connectivity index (χ2n) is 6.02. The van der Waals surface area contributed by atoms with Gasteiger partial charge in [-0.05, 0) is 41.5 Å². The van der Waals surface area contributed by atoms with Gasteiger partial charge in [-0.25, -0.2) is 0 Å². The van der Waals surface area contributed by atoms with Crippen LogP contribution in [0, 0.1) is 0 Å². The van der Waals surface area contributed by atoms with Gasteiger partial charge in [0.2, 0.25) is 0 Å². The Kier molecular flexibility index (Phi) is 2.99. The van der Waals surface area contributed by atoms with Gasteiger partial charge in [-0.3, -0.25) is 4.79 Å². The third-order valence-corrected chi connectivity index (χ3v) is 4.78. The molecule has 0 spiro atoms. The summed E-state index contributed by atoms with van der Waals surface area (Å²) in [6.07, 6.45) is 5.88. The van der Waals surface area contributed by atoms with Crippen LogP contribution in [0.5, 0.6) is 0 Å². The fourth-order valence-corrected chi connectivity index (χ4v) is 3.71. The van der Waals surface area contributed by atoms with Crippen LogP contribution in [0.15, 0.2) is 54.1 Å². The molecule has 0 amide bonds. The average Bonchev–Trinajstić information content (AvgIpc) is 2.54.